The van der Waals surface area contributed by atoms with Gasteiger partial charge in [-0.1, -0.05) is 35.3 Å². The van der Waals surface area contributed by atoms with Gasteiger partial charge in [0.15, 0.2) is 0 Å². The van der Waals surface area contributed by atoms with E-state index in [1.807, 2.05) is 0 Å². The molecule has 0 bridgehead atoms. The average Bonchev–Trinajstić information content (AvgIpc) is 3.16. The Morgan fingerprint density at radius 2 is 1.83 bits per heavy atom. The first-order chi connectivity index (χ1) is 11.4. The van der Waals surface area contributed by atoms with Crippen molar-refractivity contribution in [2.75, 3.05) is 17.8 Å². The maximum atomic E-state index is 12.6. The van der Waals surface area contributed by atoms with Crippen molar-refractivity contribution in [1.82, 2.24) is 4.90 Å². The molecule has 1 saturated heterocycles. The summed E-state index contributed by atoms with van der Waals surface area (Å²) in [4.78, 5) is 14.2. The summed E-state index contributed by atoms with van der Waals surface area (Å²) in [6.45, 7) is 1.37. The number of halogens is 2. The van der Waals surface area contributed by atoms with Crippen molar-refractivity contribution in [3.63, 3.8) is 0 Å². The van der Waals surface area contributed by atoms with Crippen molar-refractivity contribution < 1.29 is 13.2 Å². The van der Waals surface area contributed by atoms with Gasteiger partial charge in [0, 0.05) is 13.1 Å². The highest BCUT2D eigenvalue weighted by Gasteiger charge is 2.26. The zero-order chi connectivity index (χ0) is 17.3. The lowest BCUT2D eigenvalue weighted by Gasteiger charge is -2.18. The Labute approximate surface area is 154 Å². The highest BCUT2D eigenvalue weighted by Crippen LogP contribution is 2.35. The molecule has 1 N–H and O–H groups in total. The topological polar surface area (TPSA) is 66.5 Å². The van der Waals surface area contributed by atoms with E-state index < -0.39 is 10.0 Å². The predicted octanol–water partition coefficient (Wildman–Crippen LogP) is 4.09. The Bertz CT molecular complexity index is 875. The Kier molecular flexibility index (Phi) is 5.05. The van der Waals surface area contributed by atoms with Gasteiger partial charge in [0.25, 0.3) is 15.9 Å². The Hall–Kier alpha value is -1.28. The Morgan fingerprint density at radius 1 is 1.17 bits per heavy atom. The number of nitrogens with zero attached hydrogens (tertiary/aromatic N) is 1. The van der Waals surface area contributed by atoms with Crippen LogP contribution < -0.4 is 4.72 Å². The van der Waals surface area contributed by atoms with Crippen molar-refractivity contribution in [2.45, 2.75) is 17.7 Å². The number of rotatable bonds is 4. The molecule has 128 valence electrons. The molecule has 0 radical (unpaired) electrons. The number of hydrogen-bond acceptors (Lipinski definition) is 4. The summed E-state index contributed by atoms with van der Waals surface area (Å²) in [6.07, 6.45) is 1.92. The summed E-state index contributed by atoms with van der Waals surface area (Å²) in [5, 5.41) is 0. The molecule has 1 aliphatic rings. The first-order valence-electron chi connectivity index (χ1n) is 7.24. The number of anilines is 1. The third-order valence-electron chi connectivity index (χ3n) is 3.71. The number of benzene rings is 1. The largest absolute Gasteiger partial charge is 0.339 e. The van der Waals surface area contributed by atoms with Crippen molar-refractivity contribution in [2.24, 2.45) is 0 Å². The summed E-state index contributed by atoms with van der Waals surface area (Å²) in [7, 11) is -3.93. The molecule has 24 heavy (non-hydrogen) atoms. The third kappa shape index (κ3) is 3.54. The molecule has 0 aliphatic carbocycles. The van der Waals surface area contributed by atoms with Crippen molar-refractivity contribution in [3.8, 4) is 0 Å². The van der Waals surface area contributed by atoms with Crippen LogP contribution in [0.25, 0.3) is 0 Å². The smallest absolute Gasteiger partial charge is 0.264 e. The van der Waals surface area contributed by atoms with Crippen LogP contribution in [0.4, 0.5) is 5.69 Å². The van der Waals surface area contributed by atoms with Crippen LogP contribution in [0.15, 0.2) is 35.2 Å². The van der Waals surface area contributed by atoms with E-state index in [1.54, 1.807) is 29.2 Å². The van der Waals surface area contributed by atoms with Gasteiger partial charge in [-0.15, -0.1) is 11.3 Å². The second kappa shape index (κ2) is 6.92. The highest BCUT2D eigenvalue weighted by atomic mass is 35.5. The molecule has 9 heteroatoms. The molecular formula is C15H14Cl2N2O3S2. The number of amides is 1. The Balaban J connectivity index is 1.93. The minimum Gasteiger partial charge on any atom is -0.339 e. The van der Waals surface area contributed by atoms with Gasteiger partial charge in [-0.05, 0) is 31.0 Å². The second-order valence-corrected chi connectivity index (χ2v) is 9.28. The molecule has 3 rings (SSSR count). The van der Waals surface area contributed by atoms with E-state index in [-0.39, 0.29) is 25.2 Å². The van der Waals surface area contributed by atoms with Gasteiger partial charge in [-0.2, -0.15) is 0 Å². The zero-order valence-corrected chi connectivity index (χ0v) is 15.6. The number of sulfonamides is 1. The summed E-state index contributed by atoms with van der Waals surface area (Å²) in [5.41, 5.74) is 0.549. The predicted molar refractivity (Wildman–Crippen MR) is 96.7 cm³/mol. The van der Waals surface area contributed by atoms with Gasteiger partial charge in [0.2, 0.25) is 0 Å². The molecule has 0 spiro atoms. The quantitative estimate of drug-likeness (QED) is 0.833. The number of carbonyl (C=O) groups excluding carboxylic acids is 1. The number of para-hydroxylation sites is 1. The normalized spacial score (nSPS) is 14.8. The van der Waals surface area contributed by atoms with E-state index >= 15 is 0 Å². The number of hydrogen-bond donors (Lipinski definition) is 1. The van der Waals surface area contributed by atoms with Gasteiger partial charge < -0.3 is 4.90 Å². The monoisotopic (exact) mass is 404 g/mol. The van der Waals surface area contributed by atoms with Crippen LogP contribution in [0.5, 0.6) is 0 Å². The number of thiophene rings is 1. The molecule has 1 amide bonds. The molecule has 1 aliphatic heterocycles. The van der Waals surface area contributed by atoms with Crippen molar-refractivity contribution in [3.05, 3.63) is 44.6 Å². The fraction of sp³-hybridized carbons (Fsp3) is 0.267. The van der Waals surface area contributed by atoms with Gasteiger partial charge in [0.05, 0.1) is 15.6 Å². The highest BCUT2D eigenvalue weighted by molar-refractivity contribution is 7.93. The summed E-state index contributed by atoms with van der Waals surface area (Å²) < 4.78 is 27.9. The molecule has 2 heterocycles. The maximum Gasteiger partial charge on any atom is 0.264 e. The van der Waals surface area contributed by atoms with E-state index in [2.05, 4.69) is 4.72 Å². The lowest BCUT2D eigenvalue weighted by atomic mass is 10.1. The minimum atomic E-state index is -3.93. The van der Waals surface area contributed by atoms with Crippen molar-refractivity contribution >= 4 is 56.2 Å². The van der Waals surface area contributed by atoms with Gasteiger partial charge in [0.1, 0.15) is 9.23 Å². The van der Waals surface area contributed by atoms with Crippen LogP contribution in [0, 0.1) is 0 Å². The van der Waals surface area contributed by atoms with Crippen LogP contribution in [0.1, 0.15) is 23.2 Å². The average molecular weight is 405 g/mol. The summed E-state index contributed by atoms with van der Waals surface area (Å²) in [5.74, 6) is -0.180. The van der Waals surface area contributed by atoms with E-state index in [9.17, 15) is 13.2 Å². The maximum absolute atomic E-state index is 12.6. The van der Waals surface area contributed by atoms with E-state index in [0.29, 0.717) is 18.7 Å². The first-order valence-corrected chi connectivity index (χ1v) is 10.3. The van der Waals surface area contributed by atoms with Crippen LogP contribution in [-0.4, -0.2) is 32.3 Å². The number of carbonyl (C=O) groups is 1. The van der Waals surface area contributed by atoms with Gasteiger partial charge >= 0.3 is 0 Å². The SMILES string of the molecule is O=C(c1ccccc1NS(=O)(=O)c1cc(Cl)sc1Cl)N1CCCC1. The summed E-state index contributed by atoms with van der Waals surface area (Å²) >= 11 is 12.7. The standard InChI is InChI=1S/C15H14Cl2N2O3S2/c16-13-9-12(14(17)23-13)24(21,22)18-11-6-2-1-5-10(11)15(20)19-7-3-4-8-19/h1-2,5-6,9,18H,3-4,7-8H2. The van der Waals surface area contributed by atoms with Crippen LogP contribution in [0.2, 0.25) is 8.67 Å². The lowest BCUT2D eigenvalue weighted by molar-refractivity contribution is 0.0794. The van der Waals surface area contributed by atoms with E-state index in [0.717, 1.165) is 24.2 Å². The van der Waals surface area contributed by atoms with Crippen LogP contribution in [0.3, 0.4) is 0 Å². The minimum absolute atomic E-state index is 0.0795. The first kappa shape index (κ1) is 17.5. The molecule has 0 atom stereocenters. The van der Waals surface area contributed by atoms with Crippen LogP contribution >= 0.6 is 34.5 Å². The van der Waals surface area contributed by atoms with Crippen molar-refractivity contribution in [1.29, 1.82) is 0 Å². The van der Waals surface area contributed by atoms with Crippen LogP contribution in [-0.2, 0) is 10.0 Å². The molecule has 0 saturated carbocycles. The second-order valence-electron chi connectivity index (χ2n) is 5.34. The fourth-order valence-corrected chi connectivity index (χ4v) is 5.79. The zero-order valence-electron chi connectivity index (χ0n) is 12.5. The van der Waals surface area contributed by atoms with Gasteiger partial charge in [-0.3, -0.25) is 9.52 Å². The lowest BCUT2D eigenvalue weighted by Crippen LogP contribution is -2.28. The fourth-order valence-electron chi connectivity index (χ4n) is 2.56. The third-order valence-corrected chi connectivity index (χ3v) is 6.83. The molecule has 5 nitrogen and oxygen atoms in total. The molecule has 1 aromatic carbocycles. The molecule has 2 aromatic rings. The van der Waals surface area contributed by atoms with E-state index in [1.165, 1.54) is 6.07 Å². The molecular weight excluding hydrogens is 391 g/mol. The molecule has 1 fully saturated rings. The Morgan fingerprint density at radius 3 is 2.46 bits per heavy atom. The number of nitrogens with one attached hydrogen (secondary N) is 1. The summed E-state index contributed by atoms with van der Waals surface area (Å²) in [6, 6.07) is 7.83. The van der Waals surface area contributed by atoms with Gasteiger partial charge in [-0.25, -0.2) is 8.42 Å². The molecule has 1 aromatic heterocycles. The van der Waals surface area contributed by atoms with E-state index in [4.69, 9.17) is 23.2 Å². The number of likely N-dealkylation sites (tertiary alicyclic amines) is 1. The molecule has 0 unspecified atom stereocenters.